The number of hydrogen-bond donors (Lipinski definition) is 0. The number of amides is 1. The lowest BCUT2D eigenvalue weighted by atomic mass is 10.2. The first-order valence-corrected chi connectivity index (χ1v) is 9.43. The third-order valence-corrected chi connectivity index (χ3v) is 5.49. The van der Waals surface area contributed by atoms with Gasteiger partial charge in [0.1, 0.15) is 11.4 Å². The van der Waals surface area contributed by atoms with Gasteiger partial charge < -0.3 is 9.32 Å². The summed E-state index contributed by atoms with van der Waals surface area (Å²) in [5.41, 5.74) is 0.237. The van der Waals surface area contributed by atoms with Crippen molar-refractivity contribution in [2.24, 2.45) is 0 Å². The second-order valence-electron chi connectivity index (χ2n) is 6.15. The predicted octanol–water partition coefficient (Wildman–Crippen LogP) is 5.20. The van der Waals surface area contributed by atoms with Crippen LogP contribution < -0.4 is 10.5 Å². The maximum atomic E-state index is 14.3. The van der Waals surface area contributed by atoms with Crippen molar-refractivity contribution in [2.45, 2.75) is 13.3 Å². The maximum absolute atomic E-state index is 14.3. The molecule has 136 valence electrons. The molecule has 0 bridgehead atoms. The number of benzene rings is 2. The summed E-state index contributed by atoms with van der Waals surface area (Å²) in [5.74, 6) is -0.781. The van der Waals surface area contributed by atoms with E-state index in [2.05, 4.69) is 0 Å². The zero-order valence-electron chi connectivity index (χ0n) is 14.6. The van der Waals surface area contributed by atoms with Crippen LogP contribution >= 0.6 is 11.3 Å². The molecule has 0 spiro atoms. The zero-order chi connectivity index (χ0) is 19.0. The summed E-state index contributed by atoms with van der Waals surface area (Å²) >= 11 is 1.23. The minimum absolute atomic E-state index is 0.235. The number of halogens is 1. The Labute approximate surface area is 158 Å². The van der Waals surface area contributed by atoms with Crippen LogP contribution in [-0.4, -0.2) is 12.5 Å². The predicted molar refractivity (Wildman–Crippen MR) is 106 cm³/mol. The van der Waals surface area contributed by atoms with Crippen molar-refractivity contribution < 1.29 is 13.6 Å². The van der Waals surface area contributed by atoms with Gasteiger partial charge in [0, 0.05) is 11.9 Å². The molecule has 1 amide bonds. The summed E-state index contributed by atoms with van der Waals surface area (Å²) in [4.78, 5) is 27.2. The van der Waals surface area contributed by atoms with Crippen molar-refractivity contribution in [1.29, 1.82) is 0 Å². The maximum Gasteiger partial charge on any atom is 0.345 e. The van der Waals surface area contributed by atoms with Gasteiger partial charge in [-0.3, -0.25) is 4.79 Å². The van der Waals surface area contributed by atoms with Gasteiger partial charge in [-0.15, -0.1) is 11.3 Å². The molecule has 0 N–H and O–H groups in total. The van der Waals surface area contributed by atoms with Crippen LogP contribution in [0.2, 0.25) is 0 Å². The minimum atomic E-state index is -0.480. The summed E-state index contributed by atoms with van der Waals surface area (Å²) in [5, 5.41) is 1.15. The number of carbonyl (C=O) groups excluding carboxylic acids is 1. The number of nitrogens with zero attached hydrogens (tertiary/aromatic N) is 1. The second kappa shape index (κ2) is 6.96. The lowest BCUT2D eigenvalue weighted by Gasteiger charge is -2.22. The molecule has 0 radical (unpaired) electrons. The molecule has 4 nitrogen and oxygen atoms in total. The van der Waals surface area contributed by atoms with Crippen LogP contribution in [0.5, 0.6) is 0 Å². The molecular weight excluding hydrogens is 365 g/mol. The molecule has 0 aliphatic rings. The lowest BCUT2D eigenvalue weighted by Crippen LogP contribution is -2.31. The summed E-state index contributed by atoms with van der Waals surface area (Å²) in [7, 11) is 0. The number of rotatable bonds is 4. The number of anilines is 1. The molecule has 27 heavy (non-hydrogen) atoms. The van der Waals surface area contributed by atoms with Crippen molar-refractivity contribution in [1.82, 2.24) is 0 Å². The Morgan fingerprint density at radius 2 is 1.85 bits per heavy atom. The molecule has 2 aromatic carbocycles. The minimum Gasteiger partial charge on any atom is -0.422 e. The van der Waals surface area contributed by atoms with E-state index in [4.69, 9.17) is 4.42 Å². The molecule has 2 aromatic heterocycles. The summed E-state index contributed by atoms with van der Waals surface area (Å²) in [6, 6.07) is 15.0. The van der Waals surface area contributed by atoms with E-state index >= 15 is 0 Å². The number of para-hydroxylation sites is 2. The van der Waals surface area contributed by atoms with E-state index in [1.54, 1.807) is 36.4 Å². The fraction of sp³-hybridized carbons (Fsp3) is 0.143. The van der Waals surface area contributed by atoms with Crippen LogP contribution in [0.3, 0.4) is 0 Å². The first-order chi connectivity index (χ1) is 13.1. The van der Waals surface area contributed by atoms with Crippen molar-refractivity contribution in [2.75, 3.05) is 11.4 Å². The Hall–Kier alpha value is -2.99. The quantitative estimate of drug-likeness (QED) is 0.456. The van der Waals surface area contributed by atoms with Crippen molar-refractivity contribution >= 4 is 44.0 Å². The Morgan fingerprint density at radius 1 is 1.11 bits per heavy atom. The fourth-order valence-corrected chi connectivity index (χ4v) is 4.23. The van der Waals surface area contributed by atoms with Gasteiger partial charge in [-0.05, 0) is 36.8 Å². The SMILES string of the molecule is CCCN(C(=O)c1cc2c(=O)oc3ccccc3c2s1)c1ccccc1F. The highest BCUT2D eigenvalue weighted by molar-refractivity contribution is 7.21. The third kappa shape index (κ3) is 3.02. The molecule has 0 aliphatic heterocycles. The molecule has 0 saturated heterocycles. The first-order valence-electron chi connectivity index (χ1n) is 8.62. The molecule has 2 heterocycles. The normalized spacial score (nSPS) is 11.2. The molecule has 0 fully saturated rings. The highest BCUT2D eigenvalue weighted by atomic mass is 32.1. The van der Waals surface area contributed by atoms with Gasteiger partial charge in [-0.1, -0.05) is 31.2 Å². The van der Waals surface area contributed by atoms with Gasteiger partial charge in [-0.2, -0.15) is 0 Å². The van der Waals surface area contributed by atoms with Crippen LogP contribution in [0.15, 0.2) is 63.8 Å². The van der Waals surface area contributed by atoms with E-state index in [1.807, 2.05) is 19.1 Å². The van der Waals surface area contributed by atoms with Crippen LogP contribution in [-0.2, 0) is 0 Å². The Balaban J connectivity index is 1.86. The number of carbonyl (C=O) groups is 1. The van der Waals surface area contributed by atoms with Crippen LogP contribution in [0.4, 0.5) is 10.1 Å². The smallest absolute Gasteiger partial charge is 0.345 e. The van der Waals surface area contributed by atoms with Gasteiger partial charge in [-0.25, -0.2) is 9.18 Å². The Kier molecular flexibility index (Phi) is 4.49. The van der Waals surface area contributed by atoms with Crippen LogP contribution in [0, 0.1) is 5.82 Å². The van der Waals surface area contributed by atoms with E-state index < -0.39 is 11.4 Å². The van der Waals surface area contributed by atoms with Crippen molar-refractivity contribution in [3.63, 3.8) is 0 Å². The molecule has 0 unspecified atom stereocenters. The van der Waals surface area contributed by atoms with E-state index in [1.165, 1.54) is 22.3 Å². The van der Waals surface area contributed by atoms with E-state index in [0.717, 1.165) is 5.39 Å². The lowest BCUT2D eigenvalue weighted by molar-refractivity contribution is 0.0990. The van der Waals surface area contributed by atoms with E-state index in [0.29, 0.717) is 33.5 Å². The molecule has 0 saturated carbocycles. The third-order valence-electron chi connectivity index (χ3n) is 4.33. The second-order valence-corrected chi connectivity index (χ2v) is 7.20. The van der Waals surface area contributed by atoms with E-state index in [-0.39, 0.29) is 11.6 Å². The molecule has 0 aliphatic carbocycles. The van der Waals surface area contributed by atoms with Crippen LogP contribution in [0.25, 0.3) is 21.1 Å². The summed E-state index contributed by atoms with van der Waals surface area (Å²) in [6.45, 7) is 2.30. The molecule has 0 atom stereocenters. The van der Waals surface area contributed by atoms with Crippen molar-refractivity contribution in [3.05, 3.63) is 75.7 Å². The molecular formula is C21H16FNO3S. The highest BCUT2D eigenvalue weighted by Gasteiger charge is 2.23. The van der Waals surface area contributed by atoms with Gasteiger partial charge >= 0.3 is 5.63 Å². The van der Waals surface area contributed by atoms with Gasteiger partial charge in [0.05, 0.1) is 20.7 Å². The average molecular weight is 381 g/mol. The summed E-state index contributed by atoms with van der Waals surface area (Å²) < 4.78 is 20.3. The topological polar surface area (TPSA) is 50.5 Å². The first kappa shape index (κ1) is 17.4. The van der Waals surface area contributed by atoms with E-state index in [9.17, 15) is 14.0 Å². The largest absolute Gasteiger partial charge is 0.422 e. The molecule has 4 rings (SSSR count). The zero-order valence-corrected chi connectivity index (χ0v) is 15.4. The standard InChI is InChI=1S/C21H16FNO3S/c1-2-11-23(16-9-5-4-8-15(16)22)20(24)18-12-14-19(27-18)13-7-3-6-10-17(13)26-21(14)25/h3-10,12H,2,11H2,1H3. The van der Waals surface area contributed by atoms with Crippen molar-refractivity contribution in [3.8, 4) is 0 Å². The average Bonchev–Trinajstić information content (AvgIpc) is 3.13. The summed E-state index contributed by atoms with van der Waals surface area (Å²) in [6.07, 6.45) is 0.677. The Morgan fingerprint density at radius 3 is 2.63 bits per heavy atom. The van der Waals surface area contributed by atoms with Gasteiger partial charge in [0.25, 0.3) is 5.91 Å². The molecule has 4 aromatic rings. The highest BCUT2D eigenvalue weighted by Crippen LogP contribution is 2.32. The van der Waals surface area contributed by atoms with Crippen LogP contribution in [0.1, 0.15) is 23.0 Å². The Bertz CT molecular complexity index is 1210. The fourth-order valence-electron chi connectivity index (χ4n) is 3.10. The number of hydrogen-bond acceptors (Lipinski definition) is 4. The number of fused-ring (bicyclic) bond motifs is 3. The monoisotopic (exact) mass is 381 g/mol. The number of thiophene rings is 1. The van der Waals surface area contributed by atoms with Gasteiger partial charge in [0.15, 0.2) is 0 Å². The molecule has 6 heteroatoms. The van der Waals surface area contributed by atoms with Gasteiger partial charge in [0.2, 0.25) is 0 Å².